The van der Waals surface area contributed by atoms with Gasteiger partial charge in [-0.05, 0) is 24.3 Å². The van der Waals surface area contributed by atoms with Gasteiger partial charge in [0.05, 0.1) is 11.6 Å². The second-order valence-electron chi connectivity index (χ2n) is 3.29. The highest BCUT2D eigenvalue weighted by Crippen LogP contribution is 2.13. The molecule has 0 aliphatic rings. The summed E-state index contributed by atoms with van der Waals surface area (Å²) in [5, 5.41) is 20.8. The van der Waals surface area contributed by atoms with Crippen LogP contribution in [0.1, 0.15) is 12.0 Å². The Hall–Kier alpha value is -0.960. The molecule has 0 spiro atoms. The molecule has 0 amide bonds. The molecule has 1 rings (SSSR count). The summed E-state index contributed by atoms with van der Waals surface area (Å²) in [4.78, 5) is 4.07. The van der Waals surface area contributed by atoms with Gasteiger partial charge in [0.25, 0.3) is 0 Å². The number of rotatable bonds is 7. The van der Waals surface area contributed by atoms with E-state index in [0.29, 0.717) is 16.5 Å². The predicted molar refractivity (Wildman–Crippen MR) is 71.5 cm³/mol. The number of nitrogens with zero attached hydrogens (tertiary/aromatic N) is 2. The summed E-state index contributed by atoms with van der Waals surface area (Å²) in [5.41, 5.74) is 0.500. The highest BCUT2D eigenvalue weighted by molar-refractivity contribution is 7.99. The number of hydrogen-bond acceptors (Lipinski definition) is 5. The maximum absolute atomic E-state index is 8.76. The van der Waals surface area contributed by atoms with E-state index in [2.05, 4.69) is 10.3 Å². The molecule has 1 aromatic heterocycles. The van der Waals surface area contributed by atoms with Crippen LogP contribution in [0.2, 0.25) is 5.15 Å². The molecule has 1 heterocycles. The van der Waals surface area contributed by atoms with Gasteiger partial charge in [0.2, 0.25) is 0 Å². The van der Waals surface area contributed by atoms with E-state index in [1.165, 1.54) is 6.07 Å². The Bertz CT molecular complexity index is 395. The average Bonchev–Trinajstić information content (AvgIpc) is 2.33. The van der Waals surface area contributed by atoms with E-state index < -0.39 is 0 Å². The van der Waals surface area contributed by atoms with Gasteiger partial charge in [0, 0.05) is 18.9 Å². The van der Waals surface area contributed by atoms with E-state index in [1.54, 1.807) is 17.8 Å². The van der Waals surface area contributed by atoms with Crippen LogP contribution in [0.4, 0.5) is 5.82 Å². The monoisotopic (exact) mass is 271 g/mol. The van der Waals surface area contributed by atoms with Crippen molar-refractivity contribution in [2.24, 2.45) is 0 Å². The first-order chi connectivity index (χ1) is 8.26. The van der Waals surface area contributed by atoms with E-state index in [4.69, 9.17) is 22.0 Å². The lowest BCUT2D eigenvalue weighted by Crippen LogP contribution is -2.06. The molecule has 0 unspecified atom stereocenters. The number of hydrogen-bond donors (Lipinski definition) is 2. The molecule has 0 radical (unpaired) electrons. The minimum absolute atomic E-state index is 0.238. The Kier molecular flexibility index (Phi) is 6.78. The van der Waals surface area contributed by atoms with Gasteiger partial charge in [0.15, 0.2) is 0 Å². The van der Waals surface area contributed by atoms with Crippen molar-refractivity contribution < 1.29 is 5.11 Å². The largest absolute Gasteiger partial charge is 0.396 e. The molecule has 92 valence electrons. The zero-order chi connectivity index (χ0) is 12.5. The smallest absolute Gasteiger partial charge is 0.132 e. The fraction of sp³-hybridized carbons (Fsp3) is 0.455. The van der Waals surface area contributed by atoms with Crippen molar-refractivity contribution in [2.45, 2.75) is 6.42 Å². The van der Waals surface area contributed by atoms with Crippen LogP contribution in [0.5, 0.6) is 0 Å². The summed E-state index contributed by atoms with van der Waals surface area (Å²) in [5.74, 6) is 2.50. The summed E-state index contributed by atoms with van der Waals surface area (Å²) >= 11 is 7.54. The Labute approximate surface area is 110 Å². The highest BCUT2D eigenvalue weighted by Gasteiger charge is 2.00. The molecule has 0 saturated carbocycles. The lowest BCUT2D eigenvalue weighted by molar-refractivity contribution is 0.296. The molecular weight excluding hydrogens is 258 g/mol. The molecule has 0 fully saturated rings. The number of halogens is 1. The third-order valence-electron chi connectivity index (χ3n) is 1.92. The molecule has 17 heavy (non-hydrogen) atoms. The molecule has 1 aromatic rings. The number of anilines is 1. The summed E-state index contributed by atoms with van der Waals surface area (Å²) < 4.78 is 0. The minimum Gasteiger partial charge on any atom is -0.396 e. The fourth-order valence-corrected chi connectivity index (χ4v) is 2.16. The molecule has 4 nitrogen and oxygen atoms in total. The second-order valence-corrected chi connectivity index (χ2v) is 4.90. The summed E-state index contributed by atoms with van der Waals surface area (Å²) in [6, 6.07) is 5.23. The lowest BCUT2D eigenvalue weighted by Gasteiger charge is -2.05. The summed E-state index contributed by atoms with van der Waals surface area (Å²) in [7, 11) is 0. The first kappa shape index (κ1) is 14.1. The van der Waals surface area contributed by atoms with E-state index >= 15 is 0 Å². The van der Waals surface area contributed by atoms with Gasteiger partial charge < -0.3 is 10.4 Å². The number of nitrogens with one attached hydrogen (secondary N) is 1. The zero-order valence-electron chi connectivity index (χ0n) is 9.32. The fourth-order valence-electron chi connectivity index (χ4n) is 1.17. The van der Waals surface area contributed by atoms with Gasteiger partial charge in [-0.3, -0.25) is 0 Å². The van der Waals surface area contributed by atoms with Crippen molar-refractivity contribution in [1.82, 2.24) is 4.98 Å². The third-order valence-corrected chi connectivity index (χ3v) is 3.19. The first-order valence-corrected chi connectivity index (χ1v) is 6.79. The Morgan fingerprint density at radius 1 is 1.47 bits per heavy atom. The van der Waals surface area contributed by atoms with Gasteiger partial charge in [-0.25, -0.2) is 4.98 Å². The van der Waals surface area contributed by atoms with Gasteiger partial charge in [-0.1, -0.05) is 11.6 Å². The molecule has 0 aliphatic heterocycles. The van der Waals surface area contributed by atoms with Gasteiger partial charge in [-0.2, -0.15) is 17.0 Å². The number of thioether (sulfide) groups is 1. The maximum Gasteiger partial charge on any atom is 0.132 e. The van der Waals surface area contributed by atoms with Crippen LogP contribution in [-0.4, -0.2) is 34.7 Å². The van der Waals surface area contributed by atoms with E-state index in [1.807, 2.05) is 6.07 Å². The lowest BCUT2D eigenvalue weighted by atomic mass is 10.3. The van der Waals surface area contributed by atoms with Crippen molar-refractivity contribution in [2.75, 3.05) is 30.0 Å². The zero-order valence-corrected chi connectivity index (χ0v) is 10.9. The highest BCUT2D eigenvalue weighted by atomic mass is 35.5. The van der Waals surface area contributed by atoms with E-state index in [9.17, 15) is 0 Å². The first-order valence-electron chi connectivity index (χ1n) is 5.26. The van der Waals surface area contributed by atoms with Crippen LogP contribution < -0.4 is 5.32 Å². The molecule has 6 heteroatoms. The molecule has 0 aliphatic carbocycles. The van der Waals surface area contributed by atoms with Crippen LogP contribution in [0, 0.1) is 11.3 Å². The van der Waals surface area contributed by atoms with Crippen molar-refractivity contribution in [3.63, 3.8) is 0 Å². The molecule has 0 bridgehead atoms. The number of nitriles is 1. The summed E-state index contributed by atoms with van der Waals surface area (Å²) in [6.45, 7) is 0.996. The van der Waals surface area contributed by atoms with Gasteiger partial charge in [-0.15, -0.1) is 0 Å². The van der Waals surface area contributed by atoms with Crippen molar-refractivity contribution in [3.05, 3.63) is 22.8 Å². The third kappa shape index (κ3) is 5.78. The Morgan fingerprint density at radius 2 is 2.29 bits per heavy atom. The molecule has 0 aromatic carbocycles. The average molecular weight is 272 g/mol. The topological polar surface area (TPSA) is 68.9 Å². The second kappa shape index (κ2) is 8.18. The van der Waals surface area contributed by atoms with Crippen LogP contribution in [0.3, 0.4) is 0 Å². The number of aromatic nitrogens is 1. The number of aliphatic hydroxyl groups excluding tert-OH is 1. The summed E-state index contributed by atoms with van der Waals surface area (Å²) in [6.07, 6.45) is 0.818. The van der Waals surface area contributed by atoms with Crippen molar-refractivity contribution >= 4 is 29.2 Å². The predicted octanol–water partition coefficient (Wildman–Crippen LogP) is 2.13. The van der Waals surface area contributed by atoms with Crippen LogP contribution >= 0.6 is 23.4 Å². The molecular formula is C11H14ClN3OS. The van der Waals surface area contributed by atoms with Crippen molar-refractivity contribution in [1.29, 1.82) is 5.26 Å². The van der Waals surface area contributed by atoms with Gasteiger partial charge >= 0.3 is 0 Å². The van der Waals surface area contributed by atoms with E-state index in [0.717, 1.165) is 24.5 Å². The number of aliphatic hydroxyl groups is 1. The maximum atomic E-state index is 8.76. The van der Waals surface area contributed by atoms with Crippen molar-refractivity contribution in [3.8, 4) is 6.07 Å². The standard InChI is InChI=1S/C11H14ClN3OS/c12-10-6-9(8-13)7-11(15-10)14-2-5-17-4-1-3-16/h6-7,16H,1-5H2,(H,14,15). The van der Waals surface area contributed by atoms with E-state index in [-0.39, 0.29) is 6.61 Å². The minimum atomic E-state index is 0.238. The number of pyridine rings is 1. The Balaban J connectivity index is 2.32. The van der Waals surface area contributed by atoms with Crippen LogP contribution in [-0.2, 0) is 0 Å². The Morgan fingerprint density at radius 3 is 3.00 bits per heavy atom. The normalized spacial score (nSPS) is 9.94. The van der Waals surface area contributed by atoms with Crippen LogP contribution in [0.15, 0.2) is 12.1 Å². The van der Waals surface area contributed by atoms with Gasteiger partial charge in [0.1, 0.15) is 11.0 Å². The molecule has 2 N–H and O–H groups in total. The molecule has 0 saturated heterocycles. The SMILES string of the molecule is N#Cc1cc(Cl)nc(NCCSCCCO)c1. The quantitative estimate of drug-likeness (QED) is 0.587. The van der Waals surface area contributed by atoms with Crippen LogP contribution in [0.25, 0.3) is 0 Å². The molecule has 0 atom stereocenters.